The number of benzene rings is 1. The Bertz CT molecular complexity index is 277. The lowest BCUT2D eigenvalue weighted by molar-refractivity contribution is 0.328. The average Bonchev–Trinajstić information content (AvgIpc) is 2.14. The van der Waals surface area contributed by atoms with E-state index in [1.165, 1.54) is 5.56 Å². The van der Waals surface area contributed by atoms with E-state index in [1.54, 1.807) is 0 Å². The highest BCUT2D eigenvalue weighted by Gasteiger charge is 2.12. The molecule has 0 aliphatic rings. The van der Waals surface area contributed by atoms with Gasteiger partial charge < -0.3 is 10.5 Å². The lowest BCUT2D eigenvalue weighted by Crippen LogP contribution is -2.12. The van der Waals surface area contributed by atoms with Crippen LogP contribution in [0.3, 0.4) is 0 Å². The van der Waals surface area contributed by atoms with Crippen LogP contribution in [0.2, 0.25) is 0 Å². The minimum Gasteiger partial charge on any atom is -0.492 e. The first-order valence-corrected chi connectivity index (χ1v) is 4.97. The standard InChI is InChI=1S/C12H19NO.ClH/c1-12(2,3)10-4-6-11(7-5-10)14-9-8-13;/h4-7H,8-9,13H2,1-3H3;1H. The van der Waals surface area contributed by atoms with Gasteiger partial charge >= 0.3 is 0 Å². The lowest BCUT2D eigenvalue weighted by Gasteiger charge is -2.19. The number of halogens is 1. The molecule has 0 atom stereocenters. The number of nitrogens with two attached hydrogens (primary N) is 1. The first-order valence-electron chi connectivity index (χ1n) is 4.97. The van der Waals surface area contributed by atoms with Gasteiger partial charge in [0.25, 0.3) is 0 Å². The summed E-state index contributed by atoms with van der Waals surface area (Å²) >= 11 is 0. The molecule has 0 aromatic heterocycles. The van der Waals surface area contributed by atoms with Crippen molar-refractivity contribution in [3.05, 3.63) is 29.8 Å². The zero-order valence-corrected chi connectivity index (χ0v) is 10.4. The van der Waals surface area contributed by atoms with Gasteiger partial charge in [0.2, 0.25) is 0 Å². The molecule has 0 aliphatic heterocycles. The molecule has 86 valence electrons. The minimum atomic E-state index is 0. The van der Waals surface area contributed by atoms with E-state index in [0.29, 0.717) is 13.2 Å². The summed E-state index contributed by atoms with van der Waals surface area (Å²) in [6.07, 6.45) is 0. The molecular weight excluding hydrogens is 210 g/mol. The Hall–Kier alpha value is -0.730. The Morgan fingerprint density at radius 1 is 1.13 bits per heavy atom. The number of hydrogen-bond acceptors (Lipinski definition) is 2. The summed E-state index contributed by atoms with van der Waals surface area (Å²) in [5.41, 5.74) is 6.87. The van der Waals surface area contributed by atoms with Crippen molar-refractivity contribution < 1.29 is 4.74 Å². The van der Waals surface area contributed by atoms with Gasteiger partial charge in [0.15, 0.2) is 0 Å². The SMILES string of the molecule is CC(C)(C)c1ccc(OCCN)cc1.Cl. The molecule has 0 aliphatic carbocycles. The summed E-state index contributed by atoms with van der Waals surface area (Å²) in [4.78, 5) is 0. The molecule has 0 unspecified atom stereocenters. The number of ether oxygens (including phenoxy) is 1. The van der Waals surface area contributed by atoms with E-state index >= 15 is 0 Å². The third kappa shape index (κ3) is 4.54. The van der Waals surface area contributed by atoms with E-state index in [2.05, 4.69) is 32.9 Å². The maximum absolute atomic E-state index is 5.40. The predicted molar refractivity (Wildman–Crippen MR) is 66.9 cm³/mol. The van der Waals surface area contributed by atoms with Gasteiger partial charge in [-0.15, -0.1) is 12.4 Å². The quantitative estimate of drug-likeness (QED) is 0.865. The molecule has 3 heteroatoms. The summed E-state index contributed by atoms with van der Waals surface area (Å²) in [7, 11) is 0. The van der Waals surface area contributed by atoms with Crippen LogP contribution in [0, 0.1) is 0 Å². The molecule has 2 N–H and O–H groups in total. The average molecular weight is 230 g/mol. The van der Waals surface area contributed by atoms with Crippen molar-refractivity contribution in [1.29, 1.82) is 0 Å². The maximum Gasteiger partial charge on any atom is 0.119 e. The minimum absolute atomic E-state index is 0. The summed E-state index contributed by atoms with van der Waals surface area (Å²) in [6, 6.07) is 8.20. The third-order valence-corrected chi connectivity index (χ3v) is 2.11. The third-order valence-electron chi connectivity index (χ3n) is 2.11. The second kappa shape index (κ2) is 5.99. The van der Waals surface area contributed by atoms with Gasteiger partial charge in [-0.05, 0) is 23.1 Å². The molecule has 1 aromatic rings. The van der Waals surface area contributed by atoms with Gasteiger partial charge in [-0.2, -0.15) is 0 Å². The van der Waals surface area contributed by atoms with E-state index < -0.39 is 0 Å². The lowest BCUT2D eigenvalue weighted by atomic mass is 9.87. The fraction of sp³-hybridized carbons (Fsp3) is 0.500. The van der Waals surface area contributed by atoms with Crippen molar-refractivity contribution in [2.45, 2.75) is 26.2 Å². The molecule has 0 fully saturated rings. The molecule has 0 heterocycles. The topological polar surface area (TPSA) is 35.2 Å². The largest absolute Gasteiger partial charge is 0.492 e. The second-order valence-corrected chi connectivity index (χ2v) is 4.41. The number of rotatable bonds is 3. The van der Waals surface area contributed by atoms with Gasteiger partial charge in [-0.25, -0.2) is 0 Å². The summed E-state index contributed by atoms with van der Waals surface area (Å²) in [5.74, 6) is 0.892. The fourth-order valence-corrected chi connectivity index (χ4v) is 1.23. The van der Waals surface area contributed by atoms with Crippen LogP contribution < -0.4 is 10.5 Å². The van der Waals surface area contributed by atoms with Crippen molar-refractivity contribution >= 4 is 12.4 Å². The Balaban J connectivity index is 0.00000196. The molecule has 0 spiro atoms. The molecule has 2 nitrogen and oxygen atoms in total. The highest BCUT2D eigenvalue weighted by molar-refractivity contribution is 5.85. The highest BCUT2D eigenvalue weighted by Crippen LogP contribution is 2.24. The molecule has 0 bridgehead atoms. The summed E-state index contributed by atoms with van der Waals surface area (Å²) in [6.45, 7) is 7.73. The second-order valence-electron chi connectivity index (χ2n) is 4.41. The van der Waals surface area contributed by atoms with E-state index in [1.807, 2.05) is 12.1 Å². The molecule has 0 saturated carbocycles. The van der Waals surface area contributed by atoms with Gasteiger partial charge in [-0.3, -0.25) is 0 Å². The van der Waals surface area contributed by atoms with Crippen molar-refractivity contribution in [3.8, 4) is 5.75 Å². The van der Waals surface area contributed by atoms with Crippen molar-refractivity contribution in [2.75, 3.05) is 13.2 Å². The first-order chi connectivity index (χ1) is 6.54. The molecule has 0 radical (unpaired) electrons. The van der Waals surface area contributed by atoms with Crippen molar-refractivity contribution in [3.63, 3.8) is 0 Å². The number of hydrogen-bond donors (Lipinski definition) is 1. The van der Waals surface area contributed by atoms with Crippen LogP contribution in [0.25, 0.3) is 0 Å². The summed E-state index contributed by atoms with van der Waals surface area (Å²) in [5, 5.41) is 0. The Kier molecular flexibility index (Phi) is 5.69. The van der Waals surface area contributed by atoms with Crippen molar-refractivity contribution in [1.82, 2.24) is 0 Å². The van der Waals surface area contributed by atoms with Gasteiger partial charge in [-0.1, -0.05) is 32.9 Å². The maximum atomic E-state index is 5.40. The molecule has 1 rings (SSSR count). The van der Waals surface area contributed by atoms with E-state index in [4.69, 9.17) is 10.5 Å². The van der Waals surface area contributed by atoms with Crippen molar-refractivity contribution in [2.24, 2.45) is 5.73 Å². The van der Waals surface area contributed by atoms with Crippen LogP contribution in [0.15, 0.2) is 24.3 Å². The van der Waals surface area contributed by atoms with Gasteiger partial charge in [0, 0.05) is 6.54 Å². The van der Waals surface area contributed by atoms with Gasteiger partial charge in [0.05, 0.1) is 0 Å². The zero-order valence-electron chi connectivity index (χ0n) is 9.62. The van der Waals surface area contributed by atoms with Crippen LogP contribution in [-0.2, 0) is 5.41 Å². The fourth-order valence-electron chi connectivity index (χ4n) is 1.23. The van der Waals surface area contributed by atoms with Crippen LogP contribution >= 0.6 is 12.4 Å². The normalized spacial score (nSPS) is 10.7. The zero-order chi connectivity index (χ0) is 10.6. The monoisotopic (exact) mass is 229 g/mol. The molecule has 0 saturated heterocycles. The molecule has 15 heavy (non-hydrogen) atoms. The van der Waals surface area contributed by atoms with Crippen LogP contribution in [0.4, 0.5) is 0 Å². The molecular formula is C12H20ClNO. The smallest absolute Gasteiger partial charge is 0.119 e. The van der Waals surface area contributed by atoms with E-state index in [0.717, 1.165) is 5.75 Å². The van der Waals surface area contributed by atoms with E-state index in [9.17, 15) is 0 Å². The van der Waals surface area contributed by atoms with Gasteiger partial charge in [0.1, 0.15) is 12.4 Å². The van der Waals surface area contributed by atoms with Crippen LogP contribution in [0.5, 0.6) is 5.75 Å². The Labute approximate surface area is 98.2 Å². The first kappa shape index (κ1) is 14.3. The molecule has 0 amide bonds. The molecule has 1 aromatic carbocycles. The summed E-state index contributed by atoms with van der Waals surface area (Å²) < 4.78 is 5.40. The Morgan fingerprint density at radius 2 is 1.67 bits per heavy atom. The Morgan fingerprint density at radius 3 is 2.07 bits per heavy atom. The van der Waals surface area contributed by atoms with E-state index in [-0.39, 0.29) is 17.8 Å². The predicted octanol–water partition coefficient (Wildman–Crippen LogP) is 2.74. The van der Waals surface area contributed by atoms with Crippen LogP contribution in [0.1, 0.15) is 26.3 Å². The highest BCUT2D eigenvalue weighted by atomic mass is 35.5. The van der Waals surface area contributed by atoms with Crippen LogP contribution in [-0.4, -0.2) is 13.2 Å².